The van der Waals surface area contributed by atoms with Crippen LogP contribution in [0.2, 0.25) is 0 Å². The van der Waals surface area contributed by atoms with Crippen LogP contribution >= 0.6 is 0 Å². The number of carbonyl (C=O) groups excluding carboxylic acids is 3. The average Bonchev–Trinajstić information content (AvgIpc) is 3.33. The number of rotatable bonds is 10. The van der Waals surface area contributed by atoms with E-state index in [1.807, 2.05) is 55.5 Å². The van der Waals surface area contributed by atoms with Gasteiger partial charge in [0, 0.05) is 30.8 Å². The molecule has 0 spiro atoms. The SMILES string of the molecule is CCCOc1ccc(N2C[C@@H](C(=O)Nc3ccccc3C(=O)NCc3ccccc3OC)CC2=O)cc1. The molecule has 3 aromatic rings. The van der Waals surface area contributed by atoms with Crippen LogP contribution in [0.15, 0.2) is 72.8 Å². The van der Waals surface area contributed by atoms with Gasteiger partial charge in [-0.05, 0) is 48.9 Å². The van der Waals surface area contributed by atoms with Crippen molar-refractivity contribution >= 4 is 29.1 Å². The Balaban J connectivity index is 1.39. The van der Waals surface area contributed by atoms with Crippen LogP contribution in [0.25, 0.3) is 0 Å². The summed E-state index contributed by atoms with van der Waals surface area (Å²) in [5.74, 6) is 0.147. The average molecular weight is 502 g/mol. The summed E-state index contributed by atoms with van der Waals surface area (Å²) in [5, 5.41) is 5.74. The van der Waals surface area contributed by atoms with Gasteiger partial charge in [0.1, 0.15) is 11.5 Å². The molecule has 0 aromatic heterocycles. The van der Waals surface area contributed by atoms with Gasteiger partial charge >= 0.3 is 0 Å². The molecule has 0 saturated carbocycles. The normalized spacial score (nSPS) is 14.8. The van der Waals surface area contributed by atoms with Crippen molar-refractivity contribution in [1.82, 2.24) is 5.32 Å². The zero-order chi connectivity index (χ0) is 26.2. The molecule has 1 saturated heterocycles. The van der Waals surface area contributed by atoms with Gasteiger partial charge in [-0.25, -0.2) is 0 Å². The fraction of sp³-hybridized carbons (Fsp3) is 0.276. The number of hydrogen-bond acceptors (Lipinski definition) is 5. The lowest BCUT2D eigenvalue weighted by molar-refractivity contribution is -0.122. The molecule has 192 valence electrons. The molecule has 1 aliphatic rings. The van der Waals surface area contributed by atoms with Gasteiger partial charge in [0.25, 0.3) is 5.91 Å². The van der Waals surface area contributed by atoms with Crippen molar-refractivity contribution < 1.29 is 23.9 Å². The second-order valence-corrected chi connectivity index (χ2v) is 8.78. The predicted molar refractivity (Wildman–Crippen MR) is 142 cm³/mol. The highest BCUT2D eigenvalue weighted by molar-refractivity contribution is 6.07. The number of anilines is 2. The molecular formula is C29H31N3O5. The molecule has 1 aliphatic heterocycles. The van der Waals surface area contributed by atoms with Crippen LogP contribution in [-0.2, 0) is 16.1 Å². The van der Waals surface area contributed by atoms with E-state index in [2.05, 4.69) is 10.6 Å². The number of nitrogens with one attached hydrogen (secondary N) is 2. The zero-order valence-electron chi connectivity index (χ0n) is 21.0. The maximum atomic E-state index is 13.1. The van der Waals surface area contributed by atoms with Gasteiger partial charge in [-0.1, -0.05) is 37.3 Å². The smallest absolute Gasteiger partial charge is 0.253 e. The first-order valence-electron chi connectivity index (χ1n) is 12.3. The monoisotopic (exact) mass is 501 g/mol. The first-order chi connectivity index (χ1) is 18.0. The molecule has 0 bridgehead atoms. The molecule has 8 heteroatoms. The number of hydrogen-bond donors (Lipinski definition) is 2. The fourth-order valence-corrected chi connectivity index (χ4v) is 4.22. The third-order valence-corrected chi connectivity index (χ3v) is 6.18. The second-order valence-electron chi connectivity index (χ2n) is 8.78. The highest BCUT2D eigenvalue weighted by atomic mass is 16.5. The summed E-state index contributed by atoms with van der Waals surface area (Å²) in [6.45, 7) is 3.21. The van der Waals surface area contributed by atoms with E-state index in [0.29, 0.717) is 23.6 Å². The van der Waals surface area contributed by atoms with Crippen molar-refractivity contribution in [2.24, 2.45) is 5.92 Å². The molecule has 2 N–H and O–H groups in total. The molecule has 0 radical (unpaired) electrons. The Morgan fingerprint density at radius 3 is 2.49 bits per heavy atom. The molecule has 0 aliphatic carbocycles. The summed E-state index contributed by atoms with van der Waals surface area (Å²) in [6.07, 6.45) is 1.01. The van der Waals surface area contributed by atoms with E-state index in [1.165, 1.54) is 0 Å². The van der Waals surface area contributed by atoms with E-state index >= 15 is 0 Å². The minimum atomic E-state index is -0.534. The lowest BCUT2D eigenvalue weighted by Gasteiger charge is -2.18. The first kappa shape index (κ1) is 25.8. The standard InChI is InChI=1S/C29H31N3O5/c1-3-16-37-23-14-12-22(13-15-23)32-19-21(17-27(32)33)28(34)31-25-10-6-5-9-24(25)29(35)30-18-20-8-4-7-11-26(20)36-2/h4-15,21H,3,16-19H2,1-2H3,(H,30,35)(H,31,34)/t21-/m0/s1. The Bertz CT molecular complexity index is 1260. The quantitative estimate of drug-likeness (QED) is 0.429. The molecule has 8 nitrogen and oxygen atoms in total. The molecule has 37 heavy (non-hydrogen) atoms. The third-order valence-electron chi connectivity index (χ3n) is 6.18. The number of ether oxygens (including phenoxy) is 2. The zero-order valence-corrected chi connectivity index (χ0v) is 21.0. The summed E-state index contributed by atoms with van der Waals surface area (Å²) in [6, 6.07) is 21.6. The molecule has 1 heterocycles. The Labute approximate surface area is 216 Å². The fourth-order valence-electron chi connectivity index (χ4n) is 4.22. The van der Waals surface area contributed by atoms with Gasteiger partial charge in [0.05, 0.1) is 30.9 Å². The Morgan fingerprint density at radius 2 is 1.73 bits per heavy atom. The van der Waals surface area contributed by atoms with Crippen LogP contribution in [0.5, 0.6) is 11.5 Å². The van der Waals surface area contributed by atoms with Gasteiger partial charge < -0.3 is 25.0 Å². The minimum Gasteiger partial charge on any atom is -0.496 e. The van der Waals surface area contributed by atoms with Crippen LogP contribution in [-0.4, -0.2) is 38.0 Å². The van der Waals surface area contributed by atoms with Crippen molar-refractivity contribution in [3.05, 3.63) is 83.9 Å². The second kappa shape index (κ2) is 12.1. The van der Waals surface area contributed by atoms with Gasteiger partial charge in [-0.15, -0.1) is 0 Å². The Hall–Kier alpha value is -4.33. The van der Waals surface area contributed by atoms with Crippen LogP contribution < -0.4 is 25.0 Å². The molecule has 1 atom stereocenters. The van der Waals surface area contributed by atoms with Crippen molar-refractivity contribution in [2.45, 2.75) is 26.3 Å². The topological polar surface area (TPSA) is 97.0 Å². The summed E-state index contributed by atoms with van der Waals surface area (Å²) in [7, 11) is 1.58. The van der Waals surface area contributed by atoms with Crippen molar-refractivity contribution in [2.75, 3.05) is 30.5 Å². The van der Waals surface area contributed by atoms with Crippen LogP contribution in [0.3, 0.4) is 0 Å². The summed E-state index contributed by atoms with van der Waals surface area (Å²) in [5.41, 5.74) is 2.30. The minimum absolute atomic E-state index is 0.0993. The van der Waals surface area contributed by atoms with Gasteiger partial charge in [0.2, 0.25) is 11.8 Å². The molecular weight excluding hydrogens is 470 g/mol. The molecule has 3 amide bonds. The van der Waals surface area contributed by atoms with Crippen molar-refractivity contribution in [3.63, 3.8) is 0 Å². The highest BCUT2D eigenvalue weighted by Crippen LogP contribution is 2.28. The summed E-state index contributed by atoms with van der Waals surface area (Å²) < 4.78 is 10.9. The number of benzene rings is 3. The Kier molecular flexibility index (Phi) is 8.40. The van der Waals surface area contributed by atoms with Crippen LogP contribution in [0.4, 0.5) is 11.4 Å². The van der Waals surface area contributed by atoms with Crippen LogP contribution in [0.1, 0.15) is 35.7 Å². The van der Waals surface area contributed by atoms with Gasteiger partial charge in [-0.3, -0.25) is 14.4 Å². The van der Waals surface area contributed by atoms with Crippen LogP contribution in [0, 0.1) is 5.92 Å². The molecule has 1 fully saturated rings. The lowest BCUT2D eigenvalue weighted by atomic mass is 10.1. The maximum Gasteiger partial charge on any atom is 0.253 e. The molecule has 3 aromatic carbocycles. The third kappa shape index (κ3) is 6.27. The highest BCUT2D eigenvalue weighted by Gasteiger charge is 2.35. The molecule has 4 rings (SSSR count). The van der Waals surface area contributed by atoms with E-state index in [4.69, 9.17) is 9.47 Å². The van der Waals surface area contributed by atoms with Gasteiger partial charge in [0.15, 0.2) is 0 Å². The first-order valence-corrected chi connectivity index (χ1v) is 12.3. The summed E-state index contributed by atoms with van der Waals surface area (Å²) in [4.78, 5) is 40.3. The van der Waals surface area contributed by atoms with E-state index in [1.54, 1.807) is 36.3 Å². The molecule has 0 unspecified atom stereocenters. The van der Waals surface area contributed by atoms with E-state index in [0.717, 1.165) is 23.4 Å². The number of para-hydroxylation sites is 2. The largest absolute Gasteiger partial charge is 0.496 e. The lowest BCUT2D eigenvalue weighted by Crippen LogP contribution is -2.29. The van der Waals surface area contributed by atoms with E-state index in [-0.39, 0.29) is 37.2 Å². The number of methoxy groups -OCH3 is 1. The van der Waals surface area contributed by atoms with Crippen molar-refractivity contribution in [3.8, 4) is 11.5 Å². The summed E-state index contributed by atoms with van der Waals surface area (Å²) >= 11 is 0. The number of carbonyl (C=O) groups is 3. The van der Waals surface area contributed by atoms with Gasteiger partial charge in [-0.2, -0.15) is 0 Å². The maximum absolute atomic E-state index is 13.1. The number of nitrogens with zero attached hydrogens (tertiary/aromatic N) is 1. The predicted octanol–water partition coefficient (Wildman–Crippen LogP) is 4.41. The number of amides is 3. The van der Waals surface area contributed by atoms with Crippen molar-refractivity contribution in [1.29, 1.82) is 0 Å². The van der Waals surface area contributed by atoms with E-state index < -0.39 is 5.92 Å². The van der Waals surface area contributed by atoms with E-state index in [9.17, 15) is 14.4 Å². The Morgan fingerprint density at radius 1 is 1.00 bits per heavy atom.